The number of carbonyl (C=O) groups excluding carboxylic acids is 1. The molecular formula is C23H19ClF2N4O5. The van der Waals surface area contributed by atoms with Gasteiger partial charge in [-0.25, -0.2) is 18.1 Å². The number of benzene rings is 2. The summed E-state index contributed by atoms with van der Waals surface area (Å²) in [4.78, 5) is 32.6. The number of aromatic hydroxyl groups is 1. The van der Waals surface area contributed by atoms with E-state index < -0.39 is 54.4 Å². The molecule has 9 nitrogen and oxygen atoms in total. The van der Waals surface area contributed by atoms with Crippen LogP contribution >= 0.6 is 11.6 Å². The maximum atomic E-state index is 14.0. The number of aromatic amines is 1. The Hall–Kier alpha value is -3.80. The van der Waals surface area contributed by atoms with Crippen LogP contribution in [-0.4, -0.2) is 56.2 Å². The second-order valence-electron chi connectivity index (χ2n) is 7.70. The molecule has 1 unspecified atom stereocenters. The number of hydrogen-bond acceptors (Lipinski definition) is 6. The summed E-state index contributed by atoms with van der Waals surface area (Å²) in [5, 5.41) is 32.3. The Morgan fingerprint density at radius 1 is 1.17 bits per heavy atom. The van der Waals surface area contributed by atoms with Gasteiger partial charge in [0.15, 0.2) is 11.6 Å². The van der Waals surface area contributed by atoms with Crippen molar-refractivity contribution in [3.8, 4) is 5.88 Å². The molecule has 12 heteroatoms. The Morgan fingerprint density at radius 2 is 1.91 bits per heavy atom. The number of aliphatic hydroxyl groups excluding tert-OH is 2. The highest BCUT2D eigenvalue weighted by Crippen LogP contribution is 2.35. The van der Waals surface area contributed by atoms with Crippen molar-refractivity contribution in [3.05, 3.63) is 80.4 Å². The number of fused-ring (bicyclic) bond motifs is 1. The molecule has 1 amide bonds. The van der Waals surface area contributed by atoms with Gasteiger partial charge in [0.25, 0.3) is 0 Å². The molecule has 1 aliphatic rings. The number of halogens is 3. The predicted molar refractivity (Wildman–Crippen MR) is 125 cm³/mol. The van der Waals surface area contributed by atoms with Crippen LogP contribution in [0.2, 0.25) is 5.02 Å². The summed E-state index contributed by atoms with van der Waals surface area (Å²) in [6.07, 6.45) is 2.93. The zero-order valence-electron chi connectivity index (χ0n) is 17.9. The molecule has 4 rings (SSSR count). The molecule has 0 saturated carbocycles. The smallest absolute Gasteiger partial charge is 0.329 e. The van der Waals surface area contributed by atoms with Crippen molar-refractivity contribution in [2.24, 2.45) is 4.99 Å². The zero-order valence-corrected chi connectivity index (χ0v) is 18.6. The van der Waals surface area contributed by atoms with Crippen molar-refractivity contribution in [1.82, 2.24) is 14.9 Å². The van der Waals surface area contributed by atoms with Gasteiger partial charge in [0, 0.05) is 22.4 Å². The van der Waals surface area contributed by atoms with Crippen LogP contribution in [0.3, 0.4) is 0 Å². The largest absolute Gasteiger partial charge is 0.493 e. The minimum atomic E-state index is -1.66. The fourth-order valence-corrected chi connectivity index (χ4v) is 3.83. The van der Waals surface area contributed by atoms with Gasteiger partial charge in [0.2, 0.25) is 11.8 Å². The van der Waals surface area contributed by atoms with Crippen molar-refractivity contribution < 1.29 is 28.9 Å². The van der Waals surface area contributed by atoms with E-state index in [-0.39, 0.29) is 11.3 Å². The molecule has 0 saturated heterocycles. The maximum absolute atomic E-state index is 14.0. The summed E-state index contributed by atoms with van der Waals surface area (Å²) in [5.74, 6) is -4.06. The number of rotatable bonds is 7. The molecule has 1 aliphatic heterocycles. The Balaban J connectivity index is 1.80. The average molecular weight is 505 g/mol. The minimum Gasteiger partial charge on any atom is -0.493 e. The molecule has 1 aromatic heterocycles. The van der Waals surface area contributed by atoms with E-state index in [9.17, 15) is 33.7 Å². The Morgan fingerprint density at radius 3 is 2.60 bits per heavy atom. The van der Waals surface area contributed by atoms with E-state index in [1.165, 1.54) is 12.3 Å². The molecule has 35 heavy (non-hydrogen) atoms. The number of H-pyrrole nitrogens is 1. The van der Waals surface area contributed by atoms with Gasteiger partial charge in [-0.1, -0.05) is 23.7 Å². The Bertz CT molecular complexity index is 1410. The summed E-state index contributed by atoms with van der Waals surface area (Å²) in [7, 11) is 0. The van der Waals surface area contributed by atoms with Crippen LogP contribution < -0.4 is 11.0 Å². The van der Waals surface area contributed by atoms with Crippen molar-refractivity contribution in [1.29, 1.82) is 0 Å². The first kappa shape index (κ1) is 24.3. The molecule has 2 heterocycles. The molecule has 2 aromatic carbocycles. The lowest BCUT2D eigenvalue weighted by atomic mass is 10.0. The monoisotopic (exact) mass is 504 g/mol. The molecular weight excluding hydrogens is 486 g/mol. The van der Waals surface area contributed by atoms with Crippen molar-refractivity contribution in [2.45, 2.75) is 12.1 Å². The van der Waals surface area contributed by atoms with Crippen molar-refractivity contribution >= 4 is 41.1 Å². The molecule has 5 N–H and O–H groups in total. The van der Waals surface area contributed by atoms with Gasteiger partial charge in [-0.3, -0.25) is 9.79 Å². The van der Waals surface area contributed by atoms with E-state index in [1.807, 2.05) is 0 Å². The Labute approximate surface area is 201 Å². The topological polar surface area (TPSA) is 140 Å². The lowest BCUT2D eigenvalue weighted by Gasteiger charge is -2.22. The van der Waals surface area contributed by atoms with Gasteiger partial charge < -0.3 is 25.6 Å². The molecule has 3 aromatic rings. The van der Waals surface area contributed by atoms with Crippen LogP contribution in [0.25, 0.3) is 11.6 Å². The van der Waals surface area contributed by atoms with Gasteiger partial charge in [-0.2, -0.15) is 0 Å². The highest BCUT2D eigenvalue weighted by Gasteiger charge is 2.31. The fourth-order valence-electron chi connectivity index (χ4n) is 3.66. The quantitative estimate of drug-likeness (QED) is 0.335. The van der Waals surface area contributed by atoms with E-state index in [0.29, 0.717) is 32.5 Å². The normalized spacial score (nSPS) is 14.5. The molecule has 0 spiro atoms. The van der Waals surface area contributed by atoms with Crippen LogP contribution in [0.1, 0.15) is 22.9 Å². The summed E-state index contributed by atoms with van der Waals surface area (Å²) >= 11 is 5.98. The zero-order chi connectivity index (χ0) is 25.3. The lowest BCUT2D eigenvalue weighted by Crippen LogP contribution is -2.45. The van der Waals surface area contributed by atoms with Gasteiger partial charge >= 0.3 is 5.69 Å². The summed E-state index contributed by atoms with van der Waals surface area (Å²) in [5.41, 5.74) is 0.661. The number of nitrogens with one attached hydrogen (secondary N) is 2. The summed E-state index contributed by atoms with van der Waals surface area (Å²) in [6, 6.07) is 4.82. The third-order valence-corrected chi connectivity index (χ3v) is 5.63. The third kappa shape index (κ3) is 4.74. The van der Waals surface area contributed by atoms with Crippen LogP contribution in [0.15, 0.2) is 46.2 Å². The molecule has 0 bridgehead atoms. The lowest BCUT2D eigenvalue weighted by molar-refractivity contribution is -0.124. The minimum absolute atomic E-state index is 0.0690. The second-order valence-corrected chi connectivity index (χ2v) is 8.14. The third-order valence-electron chi connectivity index (χ3n) is 5.40. The van der Waals surface area contributed by atoms with E-state index in [2.05, 4.69) is 15.3 Å². The van der Waals surface area contributed by atoms with Crippen molar-refractivity contribution in [3.63, 3.8) is 0 Å². The number of amides is 1. The number of carbonyl (C=O) groups is 1. The van der Waals surface area contributed by atoms with Gasteiger partial charge in [0.1, 0.15) is 11.7 Å². The van der Waals surface area contributed by atoms with Gasteiger partial charge in [-0.15, -0.1) is 0 Å². The number of aliphatic hydroxyl groups is 2. The predicted octanol–water partition coefficient (Wildman–Crippen LogP) is 2.13. The molecule has 1 atom stereocenters. The van der Waals surface area contributed by atoms with Gasteiger partial charge in [-0.05, 0) is 35.9 Å². The summed E-state index contributed by atoms with van der Waals surface area (Å²) < 4.78 is 28.2. The van der Waals surface area contributed by atoms with Gasteiger partial charge in [0.05, 0.1) is 24.9 Å². The number of aromatic nitrogens is 2. The Kier molecular flexibility index (Phi) is 6.83. The number of allylic oxidation sites excluding steroid dienone is 1. The molecule has 0 radical (unpaired) electrons. The fraction of sp³-hybridized carbons (Fsp3) is 0.174. The van der Waals surface area contributed by atoms with E-state index in [4.69, 9.17) is 11.6 Å². The number of aliphatic imine (C=N–C) groups is 1. The van der Waals surface area contributed by atoms with Crippen molar-refractivity contribution in [2.75, 3.05) is 13.2 Å². The van der Waals surface area contributed by atoms with E-state index >= 15 is 0 Å². The SMILES string of the molecule is O=C(NC(CO)CO)C(c1ccc(F)c(F)c1)n1c(O)c(/C=C2\C=Nc3cc(Cl)ccc32)[nH]c1=O. The molecule has 0 aliphatic carbocycles. The summed E-state index contributed by atoms with van der Waals surface area (Å²) in [6.45, 7) is -1.25. The number of imidazole rings is 1. The first-order valence-electron chi connectivity index (χ1n) is 10.3. The second kappa shape index (κ2) is 9.82. The first-order chi connectivity index (χ1) is 16.7. The van der Waals surface area contributed by atoms with Crippen LogP contribution in [0, 0.1) is 11.6 Å². The number of hydrogen-bond donors (Lipinski definition) is 5. The maximum Gasteiger partial charge on any atom is 0.329 e. The van der Waals surface area contributed by atoms with E-state index in [0.717, 1.165) is 12.1 Å². The first-order valence-corrected chi connectivity index (χ1v) is 10.7. The molecule has 182 valence electrons. The average Bonchev–Trinajstić information content (AvgIpc) is 3.35. The molecule has 0 fully saturated rings. The number of nitrogens with zero attached hydrogens (tertiary/aromatic N) is 2. The standard InChI is InChI=1S/C23H19ClF2N4O5/c24-13-2-3-15-12(8-27-18(15)7-13)6-19-22(34)30(23(35)29-19)20(21(33)28-14(9-31)10-32)11-1-4-16(25)17(26)5-11/h1-8,14,20,31-32,34H,9-10H2,(H,28,33)(H,29,35)/b12-6+. The van der Waals surface area contributed by atoms with Crippen LogP contribution in [0.4, 0.5) is 14.5 Å². The van der Waals surface area contributed by atoms with E-state index in [1.54, 1.807) is 18.2 Å². The highest BCUT2D eigenvalue weighted by molar-refractivity contribution is 6.31. The van der Waals surface area contributed by atoms with Crippen LogP contribution in [0.5, 0.6) is 5.88 Å². The highest BCUT2D eigenvalue weighted by atomic mass is 35.5. The van der Waals surface area contributed by atoms with Crippen LogP contribution in [-0.2, 0) is 4.79 Å².